The molecule has 27 heavy (non-hydrogen) atoms. The lowest BCUT2D eigenvalue weighted by Gasteiger charge is -2.25. The van der Waals surface area contributed by atoms with Gasteiger partial charge in [-0.2, -0.15) is 0 Å². The molecule has 1 aliphatic carbocycles. The quantitative estimate of drug-likeness (QED) is 0.694. The summed E-state index contributed by atoms with van der Waals surface area (Å²) in [7, 11) is 3.28. The number of hydrogen-bond donors (Lipinski definition) is 1. The zero-order valence-electron chi connectivity index (χ0n) is 16.4. The Morgan fingerprint density at radius 1 is 1.04 bits per heavy atom. The van der Waals surface area contributed by atoms with Crippen LogP contribution in [-0.2, 0) is 6.54 Å². The molecule has 1 aliphatic rings. The molecule has 0 saturated heterocycles. The van der Waals surface area contributed by atoms with Gasteiger partial charge in [0.2, 0.25) is 0 Å². The molecule has 0 unspecified atom stereocenters. The van der Waals surface area contributed by atoms with Crippen molar-refractivity contribution in [2.45, 2.75) is 38.5 Å². The number of aliphatic hydroxyl groups is 1. The number of methoxy groups -OCH3 is 2. The van der Waals surface area contributed by atoms with E-state index in [1.165, 1.54) is 12.8 Å². The molecular weight excluding hydrogens is 342 g/mol. The Hall–Kier alpha value is -2.24. The van der Waals surface area contributed by atoms with Gasteiger partial charge in [0.25, 0.3) is 0 Å². The summed E-state index contributed by atoms with van der Waals surface area (Å²) in [4.78, 5) is 2.33. The van der Waals surface area contributed by atoms with E-state index in [2.05, 4.69) is 4.90 Å². The predicted octanol–water partition coefficient (Wildman–Crippen LogP) is 3.42. The molecule has 0 amide bonds. The Balaban J connectivity index is 1.58. The van der Waals surface area contributed by atoms with E-state index in [9.17, 15) is 5.11 Å². The number of nitrogens with zero attached hydrogens (tertiary/aromatic N) is 1. The van der Waals surface area contributed by atoms with Crippen LogP contribution >= 0.6 is 0 Å². The lowest BCUT2D eigenvalue weighted by molar-refractivity contribution is 0.0624. The molecule has 1 saturated carbocycles. The first-order valence-electron chi connectivity index (χ1n) is 9.42. The smallest absolute Gasteiger partial charge is 0.161 e. The van der Waals surface area contributed by atoms with Crippen LogP contribution in [0.2, 0.25) is 0 Å². The Morgan fingerprint density at radius 3 is 2.44 bits per heavy atom. The summed E-state index contributed by atoms with van der Waals surface area (Å²) in [5, 5.41) is 10.5. The molecule has 5 heteroatoms. The molecule has 0 spiro atoms. The zero-order valence-corrected chi connectivity index (χ0v) is 16.4. The fourth-order valence-corrected chi connectivity index (χ4v) is 3.22. The van der Waals surface area contributed by atoms with E-state index in [0.29, 0.717) is 19.2 Å². The van der Waals surface area contributed by atoms with Gasteiger partial charge in [-0.1, -0.05) is 24.3 Å². The summed E-state index contributed by atoms with van der Waals surface area (Å²) < 4.78 is 16.5. The SMILES string of the molecule is COc1ccc(CN(C[C@H](O)COc2ccccc2C)C2CC2)cc1OC. The molecule has 1 fully saturated rings. The molecular formula is C22H29NO4. The first kappa shape index (κ1) is 19.5. The number of para-hydroxylation sites is 1. The van der Waals surface area contributed by atoms with Crippen LogP contribution in [0.15, 0.2) is 42.5 Å². The van der Waals surface area contributed by atoms with Crippen molar-refractivity contribution in [3.63, 3.8) is 0 Å². The molecule has 0 radical (unpaired) electrons. The van der Waals surface area contributed by atoms with Gasteiger partial charge in [-0.05, 0) is 49.1 Å². The third kappa shape index (κ3) is 5.37. The Labute approximate surface area is 161 Å². The van der Waals surface area contributed by atoms with Gasteiger partial charge in [-0.3, -0.25) is 4.90 Å². The summed E-state index contributed by atoms with van der Waals surface area (Å²) in [5.41, 5.74) is 2.22. The van der Waals surface area contributed by atoms with Gasteiger partial charge < -0.3 is 19.3 Å². The second-order valence-electron chi connectivity index (χ2n) is 7.08. The summed E-state index contributed by atoms with van der Waals surface area (Å²) in [6.45, 7) is 3.66. The summed E-state index contributed by atoms with van der Waals surface area (Å²) >= 11 is 0. The molecule has 0 bridgehead atoms. The number of aliphatic hydroxyl groups excluding tert-OH is 1. The number of hydrogen-bond acceptors (Lipinski definition) is 5. The van der Waals surface area contributed by atoms with Gasteiger partial charge in [-0.25, -0.2) is 0 Å². The molecule has 1 N–H and O–H groups in total. The van der Waals surface area contributed by atoms with Crippen LogP contribution in [0.5, 0.6) is 17.2 Å². The van der Waals surface area contributed by atoms with E-state index in [1.54, 1.807) is 14.2 Å². The predicted molar refractivity (Wildman–Crippen MR) is 106 cm³/mol. The van der Waals surface area contributed by atoms with Crippen molar-refractivity contribution in [3.8, 4) is 17.2 Å². The largest absolute Gasteiger partial charge is 0.493 e. The maximum atomic E-state index is 10.5. The van der Waals surface area contributed by atoms with Crippen molar-refractivity contribution in [2.75, 3.05) is 27.4 Å². The lowest BCUT2D eigenvalue weighted by atomic mass is 10.1. The molecule has 0 heterocycles. The fourth-order valence-electron chi connectivity index (χ4n) is 3.22. The third-order valence-electron chi connectivity index (χ3n) is 4.87. The first-order valence-corrected chi connectivity index (χ1v) is 9.42. The lowest BCUT2D eigenvalue weighted by Crippen LogP contribution is -2.36. The van der Waals surface area contributed by atoms with Crippen LogP contribution in [0.4, 0.5) is 0 Å². The van der Waals surface area contributed by atoms with Crippen LogP contribution in [0.1, 0.15) is 24.0 Å². The van der Waals surface area contributed by atoms with E-state index >= 15 is 0 Å². The van der Waals surface area contributed by atoms with Gasteiger partial charge >= 0.3 is 0 Å². The second kappa shape index (κ2) is 9.11. The van der Waals surface area contributed by atoms with Crippen molar-refractivity contribution in [1.82, 2.24) is 4.90 Å². The van der Waals surface area contributed by atoms with Crippen LogP contribution in [0.3, 0.4) is 0 Å². The number of rotatable bonds is 10. The molecule has 0 aromatic heterocycles. The van der Waals surface area contributed by atoms with E-state index in [4.69, 9.17) is 14.2 Å². The average Bonchev–Trinajstić information content (AvgIpc) is 3.52. The third-order valence-corrected chi connectivity index (χ3v) is 4.87. The first-order chi connectivity index (χ1) is 13.1. The van der Waals surface area contributed by atoms with Crippen LogP contribution in [0.25, 0.3) is 0 Å². The monoisotopic (exact) mass is 371 g/mol. The minimum absolute atomic E-state index is 0.292. The highest BCUT2D eigenvalue weighted by atomic mass is 16.5. The minimum atomic E-state index is -0.537. The van der Waals surface area contributed by atoms with Crippen molar-refractivity contribution >= 4 is 0 Å². The molecule has 2 aromatic carbocycles. The standard InChI is InChI=1S/C22H29NO4/c1-16-6-4-5-7-20(16)27-15-19(24)14-23(18-9-10-18)13-17-8-11-21(25-2)22(12-17)26-3/h4-8,11-12,18-19,24H,9-10,13-15H2,1-3H3/t19-/m0/s1. The van der Waals surface area contributed by atoms with Gasteiger partial charge in [0.15, 0.2) is 11.5 Å². The van der Waals surface area contributed by atoms with Crippen molar-refractivity contribution in [2.24, 2.45) is 0 Å². The van der Waals surface area contributed by atoms with Crippen LogP contribution in [0, 0.1) is 6.92 Å². The van der Waals surface area contributed by atoms with Crippen LogP contribution in [-0.4, -0.2) is 49.5 Å². The summed E-state index contributed by atoms with van der Waals surface area (Å²) in [5.74, 6) is 2.29. The number of ether oxygens (including phenoxy) is 3. The Morgan fingerprint density at radius 2 is 1.78 bits per heavy atom. The molecule has 3 rings (SSSR count). The minimum Gasteiger partial charge on any atom is -0.493 e. The molecule has 0 aliphatic heterocycles. The summed E-state index contributed by atoms with van der Waals surface area (Å²) in [6, 6.07) is 14.4. The maximum Gasteiger partial charge on any atom is 0.161 e. The van der Waals surface area contributed by atoms with Crippen molar-refractivity contribution in [1.29, 1.82) is 0 Å². The Kier molecular flexibility index (Phi) is 6.58. The van der Waals surface area contributed by atoms with E-state index < -0.39 is 6.10 Å². The van der Waals surface area contributed by atoms with E-state index in [1.807, 2.05) is 49.4 Å². The topological polar surface area (TPSA) is 51.2 Å². The normalized spacial score (nSPS) is 14.9. The van der Waals surface area contributed by atoms with Gasteiger partial charge in [0, 0.05) is 19.1 Å². The highest BCUT2D eigenvalue weighted by molar-refractivity contribution is 5.42. The highest BCUT2D eigenvalue weighted by Crippen LogP contribution is 2.31. The van der Waals surface area contributed by atoms with Crippen LogP contribution < -0.4 is 14.2 Å². The molecule has 5 nitrogen and oxygen atoms in total. The van der Waals surface area contributed by atoms with Gasteiger partial charge in [-0.15, -0.1) is 0 Å². The summed E-state index contributed by atoms with van der Waals surface area (Å²) in [6.07, 6.45) is 1.82. The van der Waals surface area contributed by atoms with Gasteiger partial charge in [0.1, 0.15) is 18.5 Å². The van der Waals surface area contributed by atoms with Gasteiger partial charge in [0.05, 0.1) is 14.2 Å². The highest BCUT2D eigenvalue weighted by Gasteiger charge is 2.30. The van der Waals surface area contributed by atoms with Crippen molar-refractivity contribution in [3.05, 3.63) is 53.6 Å². The number of aryl methyl sites for hydroxylation is 1. The number of benzene rings is 2. The Bertz CT molecular complexity index is 745. The average molecular weight is 371 g/mol. The zero-order chi connectivity index (χ0) is 19.2. The molecule has 146 valence electrons. The molecule has 2 aromatic rings. The second-order valence-corrected chi connectivity index (χ2v) is 7.08. The fraction of sp³-hybridized carbons (Fsp3) is 0.455. The maximum absolute atomic E-state index is 10.5. The molecule has 1 atom stereocenters. The van der Waals surface area contributed by atoms with Crippen molar-refractivity contribution < 1.29 is 19.3 Å². The van der Waals surface area contributed by atoms with E-state index in [0.717, 1.165) is 34.9 Å². The van der Waals surface area contributed by atoms with E-state index in [-0.39, 0.29) is 0 Å².